The van der Waals surface area contributed by atoms with Gasteiger partial charge in [0, 0.05) is 19.5 Å². The van der Waals surface area contributed by atoms with Gasteiger partial charge in [-0.2, -0.15) is 0 Å². The first-order valence-electron chi connectivity index (χ1n) is 10.8. The van der Waals surface area contributed by atoms with Crippen LogP contribution in [0.25, 0.3) is 10.4 Å². The minimum atomic E-state index is -0.918. The van der Waals surface area contributed by atoms with E-state index in [0.29, 0.717) is 0 Å². The van der Waals surface area contributed by atoms with Crippen molar-refractivity contribution >= 4 is 29.2 Å². The first-order chi connectivity index (χ1) is 15.5. The van der Waals surface area contributed by atoms with E-state index in [-0.39, 0.29) is 25.4 Å². The summed E-state index contributed by atoms with van der Waals surface area (Å²) >= 11 is 1.58. The van der Waals surface area contributed by atoms with Crippen LogP contribution in [0, 0.1) is 12.3 Å². The lowest BCUT2D eigenvalue weighted by molar-refractivity contribution is -0.142. The number of thiazole rings is 1. The number of nitrogens with two attached hydrogens (primary N) is 1. The van der Waals surface area contributed by atoms with Crippen LogP contribution < -0.4 is 16.4 Å². The van der Waals surface area contributed by atoms with Crippen molar-refractivity contribution in [3.8, 4) is 10.4 Å². The Morgan fingerprint density at radius 3 is 2.48 bits per heavy atom. The van der Waals surface area contributed by atoms with Gasteiger partial charge in [-0.05, 0) is 23.5 Å². The molecule has 3 atom stereocenters. The van der Waals surface area contributed by atoms with Gasteiger partial charge in [0.05, 0.1) is 22.2 Å². The Hall–Kier alpha value is -2.98. The fraction of sp³-hybridized carbons (Fsp3) is 0.478. The summed E-state index contributed by atoms with van der Waals surface area (Å²) in [4.78, 5) is 44.3. The number of amides is 4. The average Bonchev–Trinajstić information content (AvgIpc) is 3.35. The van der Waals surface area contributed by atoms with Crippen molar-refractivity contribution in [2.75, 3.05) is 6.54 Å². The number of rotatable bonds is 6. The third-order valence-electron chi connectivity index (χ3n) is 5.69. The van der Waals surface area contributed by atoms with Crippen LogP contribution in [-0.4, -0.2) is 57.6 Å². The number of likely N-dealkylation sites (tertiary alicyclic amines) is 1. The first-order valence-corrected chi connectivity index (χ1v) is 11.7. The van der Waals surface area contributed by atoms with E-state index in [1.807, 2.05) is 36.7 Å². The molecule has 0 radical (unpaired) electrons. The molecule has 2 heterocycles. The molecule has 0 spiro atoms. The molecule has 2 aromatic rings. The minimum absolute atomic E-state index is 0.0207. The number of benzene rings is 1. The van der Waals surface area contributed by atoms with Crippen LogP contribution in [-0.2, 0) is 16.1 Å². The predicted octanol–water partition coefficient (Wildman–Crippen LogP) is 1.78. The zero-order chi connectivity index (χ0) is 24.3. The number of nitrogens with zero attached hydrogens (tertiary/aromatic N) is 2. The monoisotopic (exact) mass is 473 g/mol. The van der Waals surface area contributed by atoms with Crippen molar-refractivity contribution in [2.45, 2.75) is 58.8 Å². The third kappa shape index (κ3) is 5.88. The van der Waals surface area contributed by atoms with Crippen molar-refractivity contribution in [2.24, 2.45) is 11.1 Å². The van der Waals surface area contributed by atoms with Gasteiger partial charge in [0.2, 0.25) is 11.8 Å². The van der Waals surface area contributed by atoms with E-state index in [9.17, 15) is 19.5 Å². The molecule has 4 amide bonds. The Balaban J connectivity index is 1.67. The molecule has 1 aromatic heterocycles. The number of carbonyl (C=O) groups excluding carboxylic acids is 3. The molecule has 0 unspecified atom stereocenters. The summed E-state index contributed by atoms with van der Waals surface area (Å²) in [5.74, 6) is -0.795. The fourth-order valence-electron chi connectivity index (χ4n) is 3.92. The number of β-amino-alcohol motifs (C(OH)–C–C–N with tert-alkyl or cyclic N) is 1. The Bertz CT molecular complexity index is 1010. The maximum Gasteiger partial charge on any atom is 0.312 e. The molecule has 10 heteroatoms. The molecule has 0 bridgehead atoms. The van der Waals surface area contributed by atoms with Gasteiger partial charge in [-0.25, -0.2) is 9.78 Å². The third-order valence-corrected chi connectivity index (χ3v) is 6.67. The number of nitrogens with one attached hydrogen (secondary N) is 2. The zero-order valence-electron chi connectivity index (χ0n) is 19.3. The van der Waals surface area contributed by atoms with Crippen molar-refractivity contribution in [3.63, 3.8) is 0 Å². The number of aliphatic hydroxyl groups is 1. The van der Waals surface area contributed by atoms with Crippen LogP contribution >= 0.6 is 11.3 Å². The Kier molecular flexibility index (Phi) is 7.38. The Morgan fingerprint density at radius 2 is 1.94 bits per heavy atom. The molecule has 5 N–H and O–H groups in total. The maximum atomic E-state index is 13.2. The summed E-state index contributed by atoms with van der Waals surface area (Å²) in [6.45, 7) is 7.66. The van der Waals surface area contributed by atoms with Crippen LogP contribution in [0.1, 0.15) is 38.4 Å². The second-order valence-electron chi connectivity index (χ2n) is 9.39. The summed E-state index contributed by atoms with van der Waals surface area (Å²) in [5.41, 5.74) is 9.40. The summed E-state index contributed by atoms with van der Waals surface area (Å²) in [5, 5.41) is 15.5. The summed E-state index contributed by atoms with van der Waals surface area (Å²) in [6.07, 6.45) is -0.685. The van der Waals surface area contributed by atoms with E-state index < -0.39 is 35.5 Å². The number of hydrogen-bond donors (Lipinski definition) is 4. The Labute approximate surface area is 197 Å². The van der Waals surface area contributed by atoms with Gasteiger partial charge >= 0.3 is 6.03 Å². The van der Waals surface area contributed by atoms with Crippen LogP contribution in [0.3, 0.4) is 0 Å². The minimum Gasteiger partial charge on any atom is -0.391 e. The van der Waals surface area contributed by atoms with Crippen molar-refractivity contribution in [1.82, 2.24) is 20.5 Å². The molecular weight excluding hydrogens is 442 g/mol. The number of carbonyl (C=O) groups is 3. The molecule has 3 rings (SSSR count). The van der Waals surface area contributed by atoms with Crippen LogP contribution in [0.4, 0.5) is 4.79 Å². The first kappa shape index (κ1) is 24.7. The van der Waals surface area contributed by atoms with Gasteiger partial charge < -0.3 is 26.4 Å². The van der Waals surface area contributed by atoms with Crippen molar-refractivity contribution in [1.29, 1.82) is 0 Å². The van der Waals surface area contributed by atoms with Crippen molar-refractivity contribution in [3.05, 3.63) is 41.0 Å². The highest BCUT2D eigenvalue weighted by atomic mass is 32.1. The molecule has 1 saturated heterocycles. The highest BCUT2D eigenvalue weighted by Gasteiger charge is 2.44. The lowest BCUT2D eigenvalue weighted by Gasteiger charge is -2.34. The SMILES string of the molecule is Cc1ncsc1-c1ccc(CNC(=O)[C@@H]2C[C@@H](O)CN2C(=O)[C@@H](NC(N)=O)C(C)(C)C)cc1. The number of aryl methyl sites for hydroxylation is 1. The standard InChI is InChI=1S/C23H31N5O4S/c1-13-18(33-12-26-13)15-7-5-14(6-8-15)10-25-20(30)17-9-16(29)11-28(17)21(31)19(23(2,3)4)27-22(24)32/h5-8,12,16-17,19,29H,9-11H2,1-4H3,(H,25,30)(H3,24,27,32)/t16-,17+,19-/m1/s1. The predicted molar refractivity (Wildman–Crippen MR) is 126 cm³/mol. The van der Waals surface area contributed by atoms with E-state index >= 15 is 0 Å². The number of primary amides is 1. The van der Waals surface area contributed by atoms with Gasteiger partial charge in [0.1, 0.15) is 12.1 Å². The van der Waals surface area contributed by atoms with Crippen LogP contribution in [0.15, 0.2) is 29.8 Å². The second kappa shape index (κ2) is 9.88. The quantitative estimate of drug-likeness (QED) is 0.507. The van der Waals surface area contributed by atoms with Gasteiger partial charge in [-0.1, -0.05) is 45.0 Å². The zero-order valence-corrected chi connectivity index (χ0v) is 20.1. The molecule has 9 nitrogen and oxygen atoms in total. The molecule has 1 fully saturated rings. The molecule has 33 heavy (non-hydrogen) atoms. The average molecular weight is 474 g/mol. The van der Waals surface area contributed by atoms with E-state index in [2.05, 4.69) is 15.6 Å². The number of hydrogen-bond acceptors (Lipinski definition) is 6. The van der Waals surface area contributed by atoms with E-state index in [0.717, 1.165) is 21.7 Å². The van der Waals surface area contributed by atoms with Gasteiger partial charge in [0.15, 0.2) is 0 Å². The van der Waals surface area contributed by atoms with Gasteiger partial charge in [-0.15, -0.1) is 11.3 Å². The molecule has 178 valence electrons. The number of aromatic nitrogens is 1. The molecule has 0 aliphatic carbocycles. The van der Waals surface area contributed by atoms with E-state index in [1.165, 1.54) is 4.90 Å². The molecular formula is C23H31N5O4S. The summed E-state index contributed by atoms with van der Waals surface area (Å²) in [6, 6.07) is 5.29. The van der Waals surface area contributed by atoms with Gasteiger partial charge in [-0.3, -0.25) is 9.59 Å². The number of aliphatic hydroxyl groups excluding tert-OH is 1. The highest BCUT2D eigenvalue weighted by Crippen LogP contribution is 2.28. The summed E-state index contributed by atoms with van der Waals surface area (Å²) < 4.78 is 0. The fourth-order valence-corrected chi connectivity index (χ4v) is 4.73. The van der Waals surface area contributed by atoms with E-state index in [1.54, 1.807) is 32.1 Å². The molecule has 1 aliphatic heterocycles. The largest absolute Gasteiger partial charge is 0.391 e. The second-order valence-corrected chi connectivity index (χ2v) is 10.2. The van der Waals surface area contributed by atoms with Gasteiger partial charge in [0.25, 0.3) is 0 Å². The molecule has 0 saturated carbocycles. The lowest BCUT2D eigenvalue weighted by Crippen LogP contribution is -2.58. The Morgan fingerprint density at radius 1 is 1.27 bits per heavy atom. The molecule has 1 aromatic carbocycles. The van der Waals surface area contributed by atoms with Crippen LogP contribution in [0.5, 0.6) is 0 Å². The van der Waals surface area contributed by atoms with Crippen LogP contribution in [0.2, 0.25) is 0 Å². The smallest absolute Gasteiger partial charge is 0.312 e. The summed E-state index contributed by atoms with van der Waals surface area (Å²) in [7, 11) is 0. The normalized spacial score (nSPS) is 19.2. The lowest BCUT2D eigenvalue weighted by atomic mass is 9.85. The topological polar surface area (TPSA) is 138 Å². The molecule has 1 aliphatic rings. The highest BCUT2D eigenvalue weighted by molar-refractivity contribution is 7.13. The van der Waals surface area contributed by atoms with Crippen molar-refractivity contribution < 1.29 is 19.5 Å². The maximum absolute atomic E-state index is 13.2. The van der Waals surface area contributed by atoms with E-state index in [4.69, 9.17) is 5.73 Å². The number of urea groups is 1.